The molecular formula is C23H23NO3. The molecule has 4 nitrogen and oxygen atoms in total. The van der Waals surface area contributed by atoms with Gasteiger partial charge in [-0.25, -0.2) is 0 Å². The molecule has 0 radical (unpaired) electrons. The standard InChI is InChI=1S/C23H23NO3/c1-16-20(24)13-14-22(26-16)25-15-7-11-19-18-10-5-6-12-21(18)27-23(19)17-8-3-2-4-9-17/h2-6,8-10,12,16,20,22H,13-15,24H2,1H3/t16-,20-,22+/m0/s1. The molecule has 27 heavy (non-hydrogen) atoms. The van der Waals surface area contributed by atoms with Gasteiger partial charge in [-0.05, 0) is 31.9 Å². The van der Waals surface area contributed by atoms with Gasteiger partial charge in [0.25, 0.3) is 0 Å². The Labute approximate surface area is 159 Å². The van der Waals surface area contributed by atoms with Gasteiger partial charge in [0.05, 0.1) is 11.7 Å². The fraction of sp³-hybridized carbons (Fsp3) is 0.304. The average Bonchev–Trinajstić information content (AvgIpc) is 3.07. The third kappa shape index (κ3) is 3.91. The van der Waals surface area contributed by atoms with Crippen LogP contribution in [0.5, 0.6) is 0 Å². The molecule has 0 aliphatic carbocycles. The zero-order valence-electron chi connectivity index (χ0n) is 15.4. The van der Waals surface area contributed by atoms with Gasteiger partial charge in [-0.1, -0.05) is 54.3 Å². The monoisotopic (exact) mass is 361 g/mol. The molecule has 2 N–H and O–H groups in total. The summed E-state index contributed by atoms with van der Waals surface area (Å²) in [7, 11) is 0. The SMILES string of the molecule is C[C@@H]1O[C@@H](OCC#Cc2c(-c3ccccc3)oc3ccccc23)CC[C@@H]1N. The van der Waals surface area contributed by atoms with Crippen LogP contribution in [0.3, 0.4) is 0 Å². The molecule has 0 bridgehead atoms. The van der Waals surface area contributed by atoms with E-state index in [0.29, 0.717) is 6.61 Å². The van der Waals surface area contributed by atoms with E-state index in [2.05, 4.69) is 11.8 Å². The summed E-state index contributed by atoms with van der Waals surface area (Å²) in [4.78, 5) is 0. The maximum atomic E-state index is 6.08. The predicted octanol–water partition coefficient (Wildman–Crippen LogP) is 4.32. The third-order valence-electron chi connectivity index (χ3n) is 4.89. The Hall–Kier alpha value is -2.58. The molecule has 3 aromatic rings. The Morgan fingerprint density at radius 2 is 1.85 bits per heavy atom. The molecule has 1 aliphatic rings. The quantitative estimate of drug-likeness (QED) is 0.706. The summed E-state index contributed by atoms with van der Waals surface area (Å²) in [6.45, 7) is 2.29. The van der Waals surface area contributed by atoms with Crippen LogP contribution in [0.2, 0.25) is 0 Å². The van der Waals surface area contributed by atoms with Crippen molar-refractivity contribution in [1.82, 2.24) is 0 Å². The molecule has 1 saturated heterocycles. The average molecular weight is 361 g/mol. The number of hydrogen-bond donors (Lipinski definition) is 1. The Morgan fingerprint density at radius 1 is 1.07 bits per heavy atom. The van der Waals surface area contributed by atoms with Crippen LogP contribution >= 0.6 is 0 Å². The first-order valence-electron chi connectivity index (χ1n) is 9.31. The first-order chi connectivity index (χ1) is 13.2. The third-order valence-corrected chi connectivity index (χ3v) is 4.89. The molecule has 4 heteroatoms. The summed E-state index contributed by atoms with van der Waals surface area (Å²) in [5, 5.41) is 1.01. The zero-order chi connectivity index (χ0) is 18.6. The van der Waals surface area contributed by atoms with E-state index in [-0.39, 0.29) is 18.4 Å². The highest BCUT2D eigenvalue weighted by Crippen LogP contribution is 2.32. The fourth-order valence-corrected chi connectivity index (χ4v) is 3.32. The predicted molar refractivity (Wildman–Crippen MR) is 106 cm³/mol. The van der Waals surface area contributed by atoms with Gasteiger partial charge < -0.3 is 19.6 Å². The minimum Gasteiger partial charge on any atom is -0.455 e. The number of hydrogen-bond acceptors (Lipinski definition) is 4. The van der Waals surface area contributed by atoms with Crippen molar-refractivity contribution < 1.29 is 13.9 Å². The molecule has 0 saturated carbocycles. The molecule has 1 aliphatic heterocycles. The molecule has 0 unspecified atom stereocenters. The van der Waals surface area contributed by atoms with Gasteiger partial charge in [-0.15, -0.1) is 0 Å². The Bertz CT molecular complexity index is 967. The maximum Gasteiger partial charge on any atom is 0.159 e. The number of fused-ring (bicyclic) bond motifs is 1. The van der Waals surface area contributed by atoms with E-state index in [4.69, 9.17) is 19.6 Å². The number of benzene rings is 2. The van der Waals surface area contributed by atoms with Crippen LogP contribution in [0.1, 0.15) is 25.3 Å². The first-order valence-corrected chi connectivity index (χ1v) is 9.31. The lowest BCUT2D eigenvalue weighted by Gasteiger charge is -2.31. The van der Waals surface area contributed by atoms with Crippen molar-refractivity contribution in [2.24, 2.45) is 5.73 Å². The molecule has 1 aromatic heterocycles. The van der Waals surface area contributed by atoms with Crippen molar-refractivity contribution in [2.75, 3.05) is 6.61 Å². The van der Waals surface area contributed by atoms with Crippen molar-refractivity contribution in [1.29, 1.82) is 0 Å². The number of ether oxygens (including phenoxy) is 2. The number of para-hydroxylation sites is 1. The highest BCUT2D eigenvalue weighted by molar-refractivity contribution is 5.91. The minimum absolute atomic E-state index is 0.0132. The zero-order valence-corrected chi connectivity index (χ0v) is 15.4. The second-order valence-electron chi connectivity index (χ2n) is 6.79. The molecule has 2 aromatic carbocycles. The molecule has 0 amide bonds. The van der Waals surface area contributed by atoms with Crippen molar-refractivity contribution >= 4 is 11.0 Å². The molecule has 3 atom stereocenters. The van der Waals surface area contributed by atoms with E-state index in [1.807, 2.05) is 61.5 Å². The van der Waals surface area contributed by atoms with Crippen LogP contribution in [-0.4, -0.2) is 25.0 Å². The van der Waals surface area contributed by atoms with Crippen molar-refractivity contribution in [3.05, 3.63) is 60.2 Å². The molecular weight excluding hydrogens is 338 g/mol. The van der Waals surface area contributed by atoms with Crippen LogP contribution in [0, 0.1) is 11.8 Å². The molecule has 2 heterocycles. The van der Waals surface area contributed by atoms with Gasteiger partial charge in [-0.3, -0.25) is 0 Å². The minimum atomic E-state index is -0.233. The topological polar surface area (TPSA) is 57.6 Å². The van der Waals surface area contributed by atoms with Gasteiger partial charge in [0.15, 0.2) is 12.1 Å². The number of furan rings is 1. The Kier molecular flexibility index (Phi) is 5.26. The summed E-state index contributed by atoms with van der Waals surface area (Å²) >= 11 is 0. The van der Waals surface area contributed by atoms with E-state index in [1.165, 1.54) is 0 Å². The normalized spacial score (nSPS) is 22.4. The van der Waals surface area contributed by atoms with E-state index in [0.717, 1.165) is 40.7 Å². The summed E-state index contributed by atoms with van der Waals surface area (Å²) in [6, 6.07) is 18.1. The fourth-order valence-electron chi connectivity index (χ4n) is 3.32. The number of nitrogens with two attached hydrogens (primary N) is 1. The lowest BCUT2D eigenvalue weighted by molar-refractivity contribution is -0.187. The maximum absolute atomic E-state index is 6.08. The molecule has 1 fully saturated rings. The smallest absolute Gasteiger partial charge is 0.159 e. The Morgan fingerprint density at radius 3 is 2.67 bits per heavy atom. The van der Waals surface area contributed by atoms with Crippen molar-refractivity contribution in [2.45, 2.75) is 38.2 Å². The van der Waals surface area contributed by atoms with E-state index in [9.17, 15) is 0 Å². The summed E-state index contributed by atoms with van der Waals surface area (Å²) < 4.78 is 17.6. The lowest BCUT2D eigenvalue weighted by atomic mass is 10.0. The first kappa shape index (κ1) is 17.8. The molecule has 138 valence electrons. The van der Waals surface area contributed by atoms with E-state index in [1.54, 1.807) is 0 Å². The molecule has 4 rings (SSSR count). The van der Waals surface area contributed by atoms with Gasteiger partial charge >= 0.3 is 0 Å². The van der Waals surface area contributed by atoms with Gasteiger partial charge in [0, 0.05) is 17.0 Å². The van der Waals surface area contributed by atoms with Crippen LogP contribution in [0.4, 0.5) is 0 Å². The number of rotatable bonds is 3. The van der Waals surface area contributed by atoms with Crippen LogP contribution in [0.15, 0.2) is 59.0 Å². The summed E-state index contributed by atoms with van der Waals surface area (Å²) in [5.74, 6) is 7.15. The summed E-state index contributed by atoms with van der Waals surface area (Å²) in [6.07, 6.45) is 1.49. The Balaban J connectivity index is 1.55. The highest BCUT2D eigenvalue weighted by Gasteiger charge is 2.25. The van der Waals surface area contributed by atoms with E-state index >= 15 is 0 Å². The van der Waals surface area contributed by atoms with E-state index < -0.39 is 0 Å². The lowest BCUT2D eigenvalue weighted by Crippen LogP contribution is -2.43. The molecule has 0 spiro atoms. The van der Waals surface area contributed by atoms with Gasteiger partial charge in [0.2, 0.25) is 0 Å². The van der Waals surface area contributed by atoms with Gasteiger partial charge in [0.1, 0.15) is 12.2 Å². The van der Waals surface area contributed by atoms with Crippen LogP contribution in [-0.2, 0) is 9.47 Å². The van der Waals surface area contributed by atoms with Crippen LogP contribution < -0.4 is 5.73 Å². The van der Waals surface area contributed by atoms with Crippen molar-refractivity contribution in [3.8, 4) is 23.2 Å². The van der Waals surface area contributed by atoms with Crippen LogP contribution in [0.25, 0.3) is 22.3 Å². The summed E-state index contributed by atoms with van der Waals surface area (Å²) in [5.41, 5.74) is 8.70. The van der Waals surface area contributed by atoms with Crippen molar-refractivity contribution in [3.63, 3.8) is 0 Å². The highest BCUT2D eigenvalue weighted by atomic mass is 16.7. The second kappa shape index (κ2) is 7.98. The second-order valence-corrected chi connectivity index (χ2v) is 6.79. The van der Waals surface area contributed by atoms with Gasteiger partial charge in [-0.2, -0.15) is 0 Å². The largest absolute Gasteiger partial charge is 0.455 e.